The van der Waals surface area contributed by atoms with Gasteiger partial charge >= 0.3 is 0 Å². The Morgan fingerprint density at radius 2 is 1.77 bits per heavy atom. The first kappa shape index (κ1) is 24.2. The average Bonchev–Trinajstić information content (AvgIpc) is 3.22. The highest BCUT2D eigenvalue weighted by Crippen LogP contribution is 2.40. The van der Waals surface area contributed by atoms with Crippen molar-refractivity contribution in [1.82, 2.24) is 19.9 Å². The van der Waals surface area contributed by atoms with Crippen LogP contribution in [0.5, 0.6) is 11.6 Å². The molecule has 198 valence electrons. The van der Waals surface area contributed by atoms with Crippen LogP contribution in [-0.4, -0.2) is 57.1 Å². The van der Waals surface area contributed by atoms with E-state index < -0.39 is 0 Å². The first-order valence-electron chi connectivity index (χ1n) is 13.4. The molecule has 3 aliphatic heterocycles. The molecule has 0 aliphatic carbocycles. The molecule has 4 aromatic rings. The molecule has 8 nitrogen and oxygen atoms in total. The van der Waals surface area contributed by atoms with Crippen LogP contribution in [0.1, 0.15) is 41.7 Å². The summed E-state index contributed by atoms with van der Waals surface area (Å²) in [6.45, 7) is 3.02. The maximum Gasteiger partial charge on any atom is 0.257 e. The standard InChI is InChI=1S/C30H28ClN5O3/c1-17-25-14-19(24-10-11-32-28-27(24)38-12-13-39-28)4-9-26(25)35-30(33-17)34-21-15-22-7-8-23(16-21)36(22)29(37)18-2-5-20(31)6-3-18/h2-6,9-11,14,21-23H,7-8,12-13,15-16H2,1H3,(H,33,34,35)/t21-,22-,23+. The van der Waals surface area contributed by atoms with E-state index in [0.29, 0.717) is 41.4 Å². The van der Waals surface area contributed by atoms with Crippen molar-refractivity contribution in [2.45, 2.75) is 50.7 Å². The van der Waals surface area contributed by atoms with E-state index >= 15 is 0 Å². The average molecular weight is 542 g/mol. The van der Waals surface area contributed by atoms with Gasteiger partial charge in [0.25, 0.3) is 11.8 Å². The summed E-state index contributed by atoms with van der Waals surface area (Å²) in [6.07, 6.45) is 5.55. The Balaban J connectivity index is 1.10. The molecule has 1 amide bonds. The monoisotopic (exact) mass is 541 g/mol. The smallest absolute Gasteiger partial charge is 0.257 e. The minimum Gasteiger partial charge on any atom is -0.484 e. The van der Waals surface area contributed by atoms with E-state index in [0.717, 1.165) is 53.4 Å². The van der Waals surface area contributed by atoms with Gasteiger partial charge in [0.15, 0.2) is 5.75 Å². The summed E-state index contributed by atoms with van der Waals surface area (Å²) in [5.41, 5.74) is 4.43. The molecule has 7 rings (SSSR count). The van der Waals surface area contributed by atoms with Gasteiger partial charge in [-0.3, -0.25) is 4.79 Å². The summed E-state index contributed by atoms with van der Waals surface area (Å²) < 4.78 is 11.5. The van der Waals surface area contributed by atoms with E-state index in [1.165, 1.54) is 0 Å². The zero-order chi connectivity index (χ0) is 26.5. The van der Waals surface area contributed by atoms with Crippen LogP contribution in [0.25, 0.3) is 22.0 Å². The molecule has 1 N–H and O–H groups in total. The fraction of sp³-hybridized carbons (Fsp3) is 0.333. The third-order valence-corrected chi connectivity index (χ3v) is 8.28. The van der Waals surface area contributed by atoms with Crippen molar-refractivity contribution in [1.29, 1.82) is 0 Å². The molecule has 0 radical (unpaired) electrons. The zero-order valence-corrected chi connectivity index (χ0v) is 22.3. The summed E-state index contributed by atoms with van der Waals surface area (Å²) in [5, 5.41) is 5.21. The summed E-state index contributed by atoms with van der Waals surface area (Å²) in [5.74, 6) is 1.93. The third kappa shape index (κ3) is 4.42. The lowest BCUT2D eigenvalue weighted by Gasteiger charge is -2.39. The summed E-state index contributed by atoms with van der Waals surface area (Å²) in [6, 6.07) is 15.9. The van der Waals surface area contributed by atoms with Crippen molar-refractivity contribution in [2.75, 3.05) is 18.5 Å². The number of hydrogen-bond donors (Lipinski definition) is 1. The first-order chi connectivity index (χ1) is 19.0. The second-order valence-electron chi connectivity index (χ2n) is 10.5. The highest BCUT2D eigenvalue weighted by Gasteiger charge is 2.43. The number of amides is 1. The van der Waals surface area contributed by atoms with Crippen LogP contribution in [0.2, 0.25) is 5.02 Å². The number of aryl methyl sites for hydroxylation is 1. The Morgan fingerprint density at radius 1 is 1.00 bits per heavy atom. The Labute approximate surface area is 231 Å². The molecule has 0 unspecified atom stereocenters. The molecule has 3 aliphatic rings. The number of halogens is 1. The van der Waals surface area contributed by atoms with Gasteiger partial charge in [0.1, 0.15) is 13.2 Å². The van der Waals surface area contributed by atoms with Crippen LogP contribution in [-0.2, 0) is 0 Å². The van der Waals surface area contributed by atoms with E-state index in [1.54, 1.807) is 18.3 Å². The van der Waals surface area contributed by atoms with Gasteiger partial charge < -0.3 is 19.7 Å². The zero-order valence-electron chi connectivity index (χ0n) is 21.6. The Morgan fingerprint density at radius 3 is 2.56 bits per heavy atom. The number of pyridine rings is 1. The number of piperidine rings is 1. The van der Waals surface area contributed by atoms with Crippen molar-refractivity contribution < 1.29 is 14.3 Å². The molecule has 9 heteroatoms. The minimum absolute atomic E-state index is 0.0960. The van der Waals surface area contributed by atoms with Crippen LogP contribution < -0.4 is 14.8 Å². The number of hydrogen-bond acceptors (Lipinski definition) is 7. The molecule has 0 saturated carbocycles. The quantitative estimate of drug-likeness (QED) is 0.356. The summed E-state index contributed by atoms with van der Waals surface area (Å²) >= 11 is 6.02. The van der Waals surface area contributed by atoms with Crippen molar-refractivity contribution >= 4 is 34.4 Å². The molecule has 2 saturated heterocycles. The Bertz CT molecular complexity index is 1560. The van der Waals surface area contributed by atoms with Gasteiger partial charge in [-0.15, -0.1) is 0 Å². The Hall–Kier alpha value is -3.91. The number of nitrogens with zero attached hydrogens (tertiary/aromatic N) is 4. The highest BCUT2D eigenvalue weighted by atomic mass is 35.5. The maximum atomic E-state index is 13.3. The lowest BCUT2D eigenvalue weighted by atomic mass is 9.96. The van der Waals surface area contributed by atoms with Gasteiger partial charge in [0, 0.05) is 45.9 Å². The topological polar surface area (TPSA) is 89.5 Å². The fourth-order valence-corrected chi connectivity index (χ4v) is 6.37. The summed E-state index contributed by atoms with van der Waals surface area (Å²) in [7, 11) is 0. The van der Waals surface area contributed by atoms with E-state index in [1.807, 2.05) is 37.3 Å². The molecule has 2 bridgehead atoms. The number of rotatable bonds is 4. The molecule has 3 atom stereocenters. The second kappa shape index (κ2) is 9.68. The predicted octanol–water partition coefficient (Wildman–Crippen LogP) is 5.67. The van der Waals surface area contributed by atoms with Gasteiger partial charge in [0.05, 0.1) is 11.2 Å². The molecule has 0 spiro atoms. The minimum atomic E-state index is 0.0960. The molecule has 2 aromatic heterocycles. The molecule has 39 heavy (non-hydrogen) atoms. The van der Waals surface area contributed by atoms with E-state index in [4.69, 9.17) is 31.0 Å². The van der Waals surface area contributed by atoms with E-state index in [9.17, 15) is 4.79 Å². The van der Waals surface area contributed by atoms with Gasteiger partial charge in [-0.25, -0.2) is 15.0 Å². The number of carbonyl (C=O) groups excluding carboxylic acids is 1. The predicted molar refractivity (Wildman–Crippen MR) is 150 cm³/mol. The SMILES string of the molecule is Cc1nc(N[C@@H]2C[C@H]3CC[C@@H](C2)N3C(=O)c2ccc(Cl)cc2)nc2ccc(-c3ccnc4c3OCCO4)cc12. The molecule has 5 heterocycles. The molecule has 2 fully saturated rings. The van der Waals surface area contributed by atoms with Crippen LogP contribution in [0, 0.1) is 6.92 Å². The lowest BCUT2D eigenvalue weighted by molar-refractivity contribution is 0.0582. The van der Waals surface area contributed by atoms with E-state index in [2.05, 4.69) is 21.3 Å². The van der Waals surface area contributed by atoms with Crippen molar-refractivity contribution in [3.05, 3.63) is 71.0 Å². The van der Waals surface area contributed by atoms with Gasteiger partial charge in [0.2, 0.25) is 5.95 Å². The van der Waals surface area contributed by atoms with E-state index in [-0.39, 0.29) is 24.0 Å². The van der Waals surface area contributed by atoms with Crippen molar-refractivity contribution in [3.63, 3.8) is 0 Å². The van der Waals surface area contributed by atoms with Gasteiger partial charge in [-0.05, 0) is 80.6 Å². The number of carbonyl (C=O) groups is 1. The number of nitrogens with one attached hydrogen (secondary N) is 1. The molecular formula is C30H28ClN5O3. The van der Waals surface area contributed by atoms with Crippen LogP contribution in [0.4, 0.5) is 5.95 Å². The lowest BCUT2D eigenvalue weighted by Crippen LogP contribution is -2.49. The van der Waals surface area contributed by atoms with Crippen LogP contribution in [0.3, 0.4) is 0 Å². The number of benzene rings is 2. The summed E-state index contributed by atoms with van der Waals surface area (Å²) in [4.78, 5) is 29.3. The van der Waals surface area contributed by atoms with Crippen molar-refractivity contribution in [2.24, 2.45) is 0 Å². The number of ether oxygens (including phenoxy) is 2. The maximum absolute atomic E-state index is 13.3. The largest absolute Gasteiger partial charge is 0.484 e. The van der Waals surface area contributed by atoms with Crippen LogP contribution >= 0.6 is 11.6 Å². The number of anilines is 1. The Kier molecular flexibility index (Phi) is 6.00. The van der Waals surface area contributed by atoms with Gasteiger partial charge in [-0.2, -0.15) is 0 Å². The highest BCUT2D eigenvalue weighted by molar-refractivity contribution is 6.30. The molecule has 2 aromatic carbocycles. The fourth-order valence-electron chi connectivity index (χ4n) is 6.24. The van der Waals surface area contributed by atoms with Gasteiger partial charge in [-0.1, -0.05) is 17.7 Å². The van der Waals surface area contributed by atoms with Crippen LogP contribution in [0.15, 0.2) is 54.7 Å². The first-order valence-corrected chi connectivity index (χ1v) is 13.8. The molecular weight excluding hydrogens is 514 g/mol. The number of fused-ring (bicyclic) bond motifs is 4. The normalized spacial score (nSPS) is 21.7. The third-order valence-electron chi connectivity index (χ3n) is 8.03. The van der Waals surface area contributed by atoms with Crippen molar-refractivity contribution in [3.8, 4) is 22.8 Å². The number of aromatic nitrogens is 3. The second-order valence-corrected chi connectivity index (χ2v) is 10.9.